The topological polar surface area (TPSA) is 94.3 Å². The molecule has 8 heteroatoms. The van der Waals surface area contributed by atoms with Crippen LogP contribution in [0.4, 0.5) is 5.82 Å². The number of aromatic nitrogens is 5. The molecule has 130 valence electrons. The van der Waals surface area contributed by atoms with E-state index >= 15 is 0 Å². The van der Waals surface area contributed by atoms with Crippen molar-refractivity contribution in [3.05, 3.63) is 48.0 Å². The van der Waals surface area contributed by atoms with Gasteiger partial charge in [-0.05, 0) is 40.5 Å². The summed E-state index contributed by atoms with van der Waals surface area (Å²) in [6, 6.07) is 12.6. The number of carbonyl (C=O) groups is 1. The van der Waals surface area contributed by atoms with E-state index in [1.165, 1.54) is 4.63 Å². The summed E-state index contributed by atoms with van der Waals surface area (Å²) in [5.41, 5.74) is 1.49. The fourth-order valence-electron chi connectivity index (χ4n) is 2.42. The van der Waals surface area contributed by atoms with Gasteiger partial charge in [0.25, 0.3) is 0 Å². The molecule has 0 spiro atoms. The van der Waals surface area contributed by atoms with Crippen LogP contribution < -0.4 is 5.32 Å². The molecule has 0 saturated carbocycles. The molecule has 0 aliphatic rings. The van der Waals surface area contributed by atoms with Gasteiger partial charge >= 0.3 is 5.97 Å². The minimum Gasteiger partial charge on any atom is -0.459 e. The number of hydrogen-bond donors (Lipinski definition) is 1. The summed E-state index contributed by atoms with van der Waals surface area (Å²) in [5.74, 6) is 0.525. The first kappa shape index (κ1) is 16.8. The quantitative estimate of drug-likeness (QED) is 0.658. The van der Waals surface area contributed by atoms with Crippen molar-refractivity contribution in [2.24, 2.45) is 5.92 Å². The van der Waals surface area contributed by atoms with Gasteiger partial charge in [-0.1, -0.05) is 44.2 Å². The average molecular weight is 340 g/mol. The van der Waals surface area contributed by atoms with Gasteiger partial charge in [0.15, 0.2) is 5.65 Å². The molecule has 3 aromatic rings. The van der Waals surface area contributed by atoms with Crippen molar-refractivity contribution in [1.82, 2.24) is 25.3 Å². The third kappa shape index (κ3) is 4.50. The first-order valence-corrected chi connectivity index (χ1v) is 8.14. The zero-order valence-electron chi connectivity index (χ0n) is 14.2. The molecule has 8 nitrogen and oxygen atoms in total. The van der Waals surface area contributed by atoms with Crippen molar-refractivity contribution in [3.8, 4) is 0 Å². The Morgan fingerprint density at radius 1 is 1.20 bits per heavy atom. The zero-order valence-corrected chi connectivity index (χ0v) is 14.2. The van der Waals surface area contributed by atoms with E-state index in [2.05, 4.69) is 39.8 Å². The fourth-order valence-corrected chi connectivity index (χ4v) is 2.42. The van der Waals surface area contributed by atoms with Gasteiger partial charge in [-0.2, -0.15) is 0 Å². The Kier molecular flexibility index (Phi) is 5.17. The molecule has 1 N–H and O–H groups in total. The zero-order chi connectivity index (χ0) is 17.6. The number of rotatable bonds is 7. The van der Waals surface area contributed by atoms with E-state index in [1.54, 1.807) is 12.1 Å². The predicted molar refractivity (Wildman–Crippen MR) is 91.7 cm³/mol. The van der Waals surface area contributed by atoms with Crippen LogP contribution in [0.25, 0.3) is 5.65 Å². The summed E-state index contributed by atoms with van der Waals surface area (Å²) in [6.07, 6.45) is 0.628. The molecular weight excluding hydrogens is 320 g/mol. The third-order valence-electron chi connectivity index (χ3n) is 3.61. The lowest BCUT2D eigenvalue weighted by molar-refractivity contribution is -0.146. The third-order valence-corrected chi connectivity index (χ3v) is 3.61. The molecule has 1 atom stereocenters. The van der Waals surface area contributed by atoms with Crippen molar-refractivity contribution >= 4 is 17.4 Å². The SMILES string of the molecule is CC(C)C[C@H](Nc1ccc2nnnn2n1)C(=O)OCc1ccccc1. The largest absolute Gasteiger partial charge is 0.459 e. The molecule has 0 amide bonds. The molecule has 2 heterocycles. The number of fused-ring (bicyclic) bond motifs is 1. The molecule has 1 aromatic carbocycles. The minimum absolute atomic E-state index is 0.245. The summed E-state index contributed by atoms with van der Waals surface area (Å²) >= 11 is 0. The number of esters is 1. The number of carbonyl (C=O) groups excluding carboxylic acids is 1. The molecule has 0 fully saturated rings. The van der Waals surface area contributed by atoms with Crippen LogP contribution in [0.2, 0.25) is 0 Å². The minimum atomic E-state index is -0.495. The van der Waals surface area contributed by atoms with Gasteiger partial charge in [-0.15, -0.1) is 14.8 Å². The highest BCUT2D eigenvalue weighted by Crippen LogP contribution is 2.14. The van der Waals surface area contributed by atoms with Crippen molar-refractivity contribution < 1.29 is 9.53 Å². The Labute approximate surface area is 145 Å². The number of tetrazole rings is 1. The van der Waals surface area contributed by atoms with E-state index in [4.69, 9.17) is 4.74 Å². The highest BCUT2D eigenvalue weighted by molar-refractivity contribution is 5.79. The van der Waals surface area contributed by atoms with Gasteiger partial charge in [-0.25, -0.2) is 4.79 Å². The van der Waals surface area contributed by atoms with Crippen LogP contribution in [-0.2, 0) is 16.1 Å². The number of nitrogens with zero attached hydrogens (tertiary/aromatic N) is 5. The molecular formula is C17H20N6O2. The van der Waals surface area contributed by atoms with Crippen molar-refractivity contribution in [3.63, 3.8) is 0 Å². The van der Waals surface area contributed by atoms with Crippen molar-refractivity contribution in [2.45, 2.75) is 32.9 Å². The summed E-state index contributed by atoms with van der Waals surface area (Å²) in [4.78, 5) is 12.5. The van der Waals surface area contributed by atoms with Gasteiger partial charge in [-0.3, -0.25) is 0 Å². The molecule has 3 rings (SSSR count). The van der Waals surface area contributed by atoms with E-state index < -0.39 is 6.04 Å². The van der Waals surface area contributed by atoms with Crippen molar-refractivity contribution in [2.75, 3.05) is 5.32 Å². The normalized spacial score (nSPS) is 12.3. The monoisotopic (exact) mass is 340 g/mol. The van der Waals surface area contributed by atoms with Crippen LogP contribution in [0.1, 0.15) is 25.8 Å². The maximum atomic E-state index is 12.5. The predicted octanol–water partition coefficient (Wildman–Crippen LogP) is 2.09. The number of ether oxygens (including phenoxy) is 1. The van der Waals surface area contributed by atoms with Gasteiger partial charge in [0.2, 0.25) is 0 Å². The molecule has 0 aliphatic carbocycles. The molecule has 0 aliphatic heterocycles. The standard InChI is InChI=1S/C17H20N6O2/c1-12(2)10-14(17(24)25-11-13-6-4-3-5-7-13)18-15-8-9-16-19-21-22-23(16)20-15/h3-9,12,14H,10-11H2,1-2H3,(H,18,20)/t14-/m0/s1. The summed E-state index contributed by atoms with van der Waals surface area (Å²) in [6.45, 7) is 4.35. The van der Waals surface area contributed by atoms with Crippen LogP contribution in [0.3, 0.4) is 0 Å². The second-order valence-corrected chi connectivity index (χ2v) is 6.16. The van der Waals surface area contributed by atoms with E-state index in [0.29, 0.717) is 23.8 Å². The van der Waals surface area contributed by atoms with E-state index in [1.807, 2.05) is 30.3 Å². The second kappa shape index (κ2) is 7.69. The number of nitrogens with one attached hydrogen (secondary N) is 1. The Morgan fingerprint density at radius 2 is 2.00 bits per heavy atom. The molecule has 0 bridgehead atoms. The number of anilines is 1. The average Bonchev–Trinajstić information content (AvgIpc) is 3.07. The number of hydrogen-bond acceptors (Lipinski definition) is 7. The Balaban J connectivity index is 1.68. The maximum absolute atomic E-state index is 12.5. The van der Waals surface area contributed by atoms with Crippen LogP contribution in [-0.4, -0.2) is 37.3 Å². The lowest BCUT2D eigenvalue weighted by Crippen LogP contribution is -2.33. The molecule has 0 saturated heterocycles. The second-order valence-electron chi connectivity index (χ2n) is 6.16. The number of benzene rings is 1. The molecule has 25 heavy (non-hydrogen) atoms. The smallest absolute Gasteiger partial charge is 0.328 e. The molecule has 2 aromatic heterocycles. The summed E-state index contributed by atoms with van der Waals surface area (Å²) in [7, 11) is 0. The van der Waals surface area contributed by atoms with Gasteiger partial charge in [0.1, 0.15) is 18.5 Å². The van der Waals surface area contributed by atoms with Crippen LogP contribution >= 0.6 is 0 Å². The lowest BCUT2D eigenvalue weighted by atomic mass is 10.0. The van der Waals surface area contributed by atoms with Crippen LogP contribution in [0.15, 0.2) is 42.5 Å². The fraction of sp³-hybridized carbons (Fsp3) is 0.353. The Morgan fingerprint density at radius 3 is 2.76 bits per heavy atom. The molecule has 0 unspecified atom stereocenters. The Bertz CT molecular complexity index is 833. The van der Waals surface area contributed by atoms with Gasteiger partial charge in [0, 0.05) is 0 Å². The van der Waals surface area contributed by atoms with Crippen molar-refractivity contribution in [1.29, 1.82) is 0 Å². The first-order chi connectivity index (χ1) is 12.1. The van der Waals surface area contributed by atoms with Gasteiger partial charge in [0.05, 0.1) is 0 Å². The lowest BCUT2D eigenvalue weighted by Gasteiger charge is -2.19. The highest BCUT2D eigenvalue weighted by Gasteiger charge is 2.22. The molecule has 0 radical (unpaired) electrons. The van der Waals surface area contributed by atoms with E-state index in [9.17, 15) is 4.79 Å². The van der Waals surface area contributed by atoms with E-state index in [0.717, 1.165) is 5.56 Å². The summed E-state index contributed by atoms with van der Waals surface area (Å²) < 4.78 is 6.77. The maximum Gasteiger partial charge on any atom is 0.328 e. The van der Waals surface area contributed by atoms with E-state index in [-0.39, 0.29) is 12.6 Å². The van der Waals surface area contributed by atoms with Crippen LogP contribution in [0.5, 0.6) is 0 Å². The van der Waals surface area contributed by atoms with Gasteiger partial charge < -0.3 is 10.1 Å². The summed E-state index contributed by atoms with van der Waals surface area (Å²) in [5, 5.41) is 18.5. The highest BCUT2D eigenvalue weighted by atomic mass is 16.5. The Hall–Kier alpha value is -3.03. The van der Waals surface area contributed by atoms with Crippen LogP contribution in [0, 0.1) is 5.92 Å². The first-order valence-electron chi connectivity index (χ1n) is 8.14.